The van der Waals surface area contributed by atoms with Crippen LogP contribution in [-0.4, -0.2) is 35.6 Å². The number of aliphatic hydroxyl groups excluding tert-OH is 2. The molecule has 1 saturated heterocycles. The molecule has 0 spiro atoms. The Balaban J connectivity index is 1.76. The average Bonchev–Trinajstić information content (AvgIpc) is 2.86. The maximum absolute atomic E-state index is 10.4. The van der Waals surface area contributed by atoms with Crippen molar-refractivity contribution >= 4 is 0 Å². The van der Waals surface area contributed by atoms with E-state index in [1.807, 2.05) is 37.3 Å². The topological polar surface area (TPSA) is 82.7 Å². The molecule has 1 aliphatic heterocycles. The number of benzene rings is 3. The molecule has 0 amide bonds. The predicted octanol–water partition coefficient (Wildman–Crippen LogP) is 5.10. The zero-order valence-corrected chi connectivity index (χ0v) is 19.7. The molecular formula is C29H31NO4. The van der Waals surface area contributed by atoms with Gasteiger partial charge in [-0.2, -0.15) is 5.26 Å². The third-order valence-electron chi connectivity index (χ3n) is 6.42. The van der Waals surface area contributed by atoms with Crippen LogP contribution < -0.4 is 4.74 Å². The van der Waals surface area contributed by atoms with Gasteiger partial charge in [-0.1, -0.05) is 30.3 Å². The summed E-state index contributed by atoms with van der Waals surface area (Å²) in [7, 11) is 0. The second-order valence-electron chi connectivity index (χ2n) is 8.85. The Kier molecular flexibility index (Phi) is 7.64. The molecule has 3 aromatic rings. The van der Waals surface area contributed by atoms with E-state index in [9.17, 15) is 15.5 Å². The third-order valence-corrected chi connectivity index (χ3v) is 6.42. The summed E-state index contributed by atoms with van der Waals surface area (Å²) in [4.78, 5) is 0. The molecule has 0 bridgehead atoms. The Morgan fingerprint density at radius 2 is 1.88 bits per heavy atom. The van der Waals surface area contributed by atoms with Crippen LogP contribution >= 0.6 is 0 Å². The highest BCUT2D eigenvalue weighted by atomic mass is 16.5. The summed E-state index contributed by atoms with van der Waals surface area (Å²) in [5.74, 6) is 0.852. The van der Waals surface area contributed by atoms with Crippen molar-refractivity contribution in [3.63, 3.8) is 0 Å². The van der Waals surface area contributed by atoms with Crippen LogP contribution in [0, 0.1) is 18.3 Å². The van der Waals surface area contributed by atoms with Crippen molar-refractivity contribution in [2.45, 2.75) is 51.4 Å². The molecule has 0 aromatic heterocycles. The summed E-state index contributed by atoms with van der Waals surface area (Å²) < 4.78 is 11.7. The number of nitriles is 1. The zero-order valence-electron chi connectivity index (χ0n) is 19.7. The second-order valence-corrected chi connectivity index (χ2v) is 8.85. The lowest BCUT2D eigenvalue weighted by Gasteiger charge is -2.33. The normalized spacial score (nSPS) is 20.0. The lowest BCUT2D eigenvalue weighted by molar-refractivity contribution is -0.113. The molecule has 5 heteroatoms. The maximum Gasteiger partial charge on any atom is 0.119 e. The maximum atomic E-state index is 10.4. The first-order valence-corrected chi connectivity index (χ1v) is 11.8. The minimum Gasteiger partial charge on any atom is -0.494 e. The quantitative estimate of drug-likeness (QED) is 0.516. The first-order chi connectivity index (χ1) is 16.5. The lowest BCUT2D eigenvalue weighted by Crippen LogP contribution is -2.33. The van der Waals surface area contributed by atoms with Gasteiger partial charge >= 0.3 is 0 Å². The van der Waals surface area contributed by atoms with E-state index < -0.39 is 6.10 Å². The van der Waals surface area contributed by atoms with Gasteiger partial charge in [0.15, 0.2) is 0 Å². The van der Waals surface area contributed by atoms with E-state index in [0.717, 1.165) is 40.0 Å². The molecule has 4 rings (SSSR count). The van der Waals surface area contributed by atoms with Gasteiger partial charge in [-0.25, -0.2) is 0 Å². The minimum atomic E-state index is -0.517. The number of nitrogens with zero attached hydrogens (tertiary/aromatic N) is 1. The van der Waals surface area contributed by atoms with Gasteiger partial charge in [0, 0.05) is 12.8 Å². The number of rotatable bonds is 7. The fourth-order valence-corrected chi connectivity index (χ4v) is 4.64. The molecule has 3 unspecified atom stereocenters. The molecule has 5 nitrogen and oxygen atoms in total. The molecule has 0 saturated carbocycles. The number of ether oxygens (including phenoxy) is 2. The van der Waals surface area contributed by atoms with Crippen molar-refractivity contribution in [3.8, 4) is 22.9 Å². The van der Waals surface area contributed by atoms with Gasteiger partial charge < -0.3 is 19.7 Å². The van der Waals surface area contributed by atoms with Crippen molar-refractivity contribution in [3.05, 3.63) is 88.5 Å². The highest BCUT2D eigenvalue weighted by Gasteiger charge is 2.30. The average molecular weight is 458 g/mol. The van der Waals surface area contributed by atoms with E-state index in [0.29, 0.717) is 25.0 Å². The second kappa shape index (κ2) is 10.8. The van der Waals surface area contributed by atoms with E-state index in [1.54, 1.807) is 6.07 Å². The van der Waals surface area contributed by atoms with Crippen LogP contribution in [0.25, 0.3) is 11.1 Å². The smallest absolute Gasteiger partial charge is 0.119 e. The van der Waals surface area contributed by atoms with Crippen LogP contribution in [0.4, 0.5) is 0 Å². The first-order valence-electron chi connectivity index (χ1n) is 11.8. The van der Waals surface area contributed by atoms with Crippen molar-refractivity contribution in [1.29, 1.82) is 5.26 Å². The van der Waals surface area contributed by atoms with Crippen LogP contribution in [0.1, 0.15) is 53.7 Å². The molecule has 3 atom stereocenters. The minimum absolute atomic E-state index is 0.116. The van der Waals surface area contributed by atoms with E-state index in [-0.39, 0.29) is 18.8 Å². The first kappa shape index (κ1) is 24.0. The monoisotopic (exact) mass is 457 g/mol. The fraction of sp³-hybridized carbons (Fsp3) is 0.345. The lowest BCUT2D eigenvalue weighted by atomic mass is 9.87. The van der Waals surface area contributed by atoms with Crippen LogP contribution in [0.2, 0.25) is 0 Å². The Bertz CT molecular complexity index is 1170. The molecule has 0 aliphatic carbocycles. The summed E-state index contributed by atoms with van der Waals surface area (Å²) in [5.41, 5.74) is 7.06. The van der Waals surface area contributed by atoms with Crippen molar-refractivity contribution < 1.29 is 19.7 Å². The number of hydrogen-bond donors (Lipinski definition) is 2. The van der Waals surface area contributed by atoms with Crippen LogP contribution in [-0.2, 0) is 11.2 Å². The van der Waals surface area contributed by atoms with Crippen molar-refractivity contribution in [2.24, 2.45) is 0 Å². The highest BCUT2D eigenvalue weighted by Crippen LogP contribution is 2.37. The molecule has 1 heterocycles. The standard InChI is InChI=1S/C29H31NO4/c1-3-33-26-9-7-20(8-10-26)11-23-13-24(29-16-25(32)15-27(18-31)34-29)14-28(19(23)2)22-6-4-5-21(12-22)17-30/h4-10,12-14,25,27,29,31-32H,3,11,15-16,18H2,1-2H3. The third kappa shape index (κ3) is 5.48. The summed E-state index contributed by atoms with van der Waals surface area (Å²) in [6, 6.07) is 22.2. The number of aliphatic hydroxyl groups is 2. The van der Waals surface area contributed by atoms with Crippen LogP contribution in [0.3, 0.4) is 0 Å². The van der Waals surface area contributed by atoms with Gasteiger partial charge in [0.05, 0.1) is 43.2 Å². The predicted molar refractivity (Wildman–Crippen MR) is 132 cm³/mol. The molecule has 2 N–H and O–H groups in total. The Morgan fingerprint density at radius 3 is 2.59 bits per heavy atom. The molecule has 1 aliphatic rings. The van der Waals surface area contributed by atoms with Gasteiger partial charge in [0.25, 0.3) is 0 Å². The van der Waals surface area contributed by atoms with Gasteiger partial charge in [-0.15, -0.1) is 0 Å². The molecule has 3 aromatic carbocycles. The Labute approximate surface area is 201 Å². The summed E-state index contributed by atoms with van der Waals surface area (Å²) >= 11 is 0. The van der Waals surface area contributed by atoms with E-state index in [4.69, 9.17) is 9.47 Å². The van der Waals surface area contributed by atoms with E-state index in [1.165, 1.54) is 5.56 Å². The summed E-state index contributed by atoms with van der Waals surface area (Å²) in [6.45, 7) is 4.59. The van der Waals surface area contributed by atoms with E-state index >= 15 is 0 Å². The van der Waals surface area contributed by atoms with Gasteiger partial charge in [0.2, 0.25) is 0 Å². The van der Waals surface area contributed by atoms with E-state index in [2.05, 4.69) is 37.3 Å². The molecule has 176 valence electrons. The molecular weight excluding hydrogens is 426 g/mol. The highest BCUT2D eigenvalue weighted by molar-refractivity contribution is 5.71. The Morgan fingerprint density at radius 1 is 1.09 bits per heavy atom. The summed E-state index contributed by atoms with van der Waals surface area (Å²) in [5, 5.41) is 29.4. The van der Waals surface area contributed by atoms with Crippen LogP contribution in [0.5, 0.6) is 5.75 Å². The Hall–Kier alpha value is -3.17. The van der Waals surface area contributed by atoms with Crippen molar-refractivity contribution in [1.82, 2.24) is 0 Å². The zero-order chi connectivity index (χ0) is 24.1. The SMILES string of the molecule is CCOc1ccc(Cc2cc(C3CC(O)CC(CO)O3)cc(-c3cccc(C#N)c3)c2C)cc1. The van der Waals surface area contributed by atoms with Crippen LogP contribution in [0.15, 0.2) is 60.7 Å². The largest absolute Gasteiger partial charge is 0.494 e. The molecule has 34 heavy (non-hydrogen) atoms. The van der Waals surface area contributed by atoms with Gasteiger partial charge in [-0.05, 0) is 84.0 Å². The number of hydrogen-bond acceptors (Lipinski definition) is 5. The van der Waals surface area contributed by atoms with Gasteiger partial charge in [0.1, 0.15) is 5.75 Å². The molecule has 0 radical (unpaired) electrons. The van der Waals surface area contributed by atoms with Gasteiger partial charge in [-0.3, -0.25) is 0 Å². The fourth-order valence-electron chi connectivity index (χ4n) is 4.64. The molecule has 1 fully saturated rings. The van der Waals surface area contributed by atoms with Crippen molar-refractivity contribution in [2.75, 3.05) is 13.2 Å². The summed E-state index contributed by atoms with van der Waals surface area (Å²) in [6.07, 6.45) is 0.454.